The van der Waals surface area contributed by atoms with Gasteiger partial charge in [-0.25, -0.2) is 4.39 Å². The van der Waals surface area contributed by atoms with Crippen LogP contribution in [0.25, 0.3) is 11.8 Å². The van der Waals surface area contributed by atoms with Gasteiger partial charge in [-0.05, 0) is 30.7 Å². The van der Waals surface area contributed by atoms with Crippen LogP contribution in [0, 0.1) is 5.82 Å². The van der Waals surface area contributed by atoms with Gasteiger partial charge in [-0.2, -0.15) is 0 Å². The average molecular weight is 482 g/mol. The van der Waals surface area contributed by atoms with Crippen molar-refractivity contribution in [2.45, 2.75) is 13.0 Å². The predicted octanol–water partition coefficient (Wildman–Crippen LogP) is 3.57. The molecule has 0 aromatic heterocycles. The molecule has 1 saturated heterocycles. The van der Waals surface area contributed by atoms with E-state index in [0.717, 1.165) is 67.4 Å². The van der Waals surface area contributed by atoms with E-state index in [4.69, 9.17) is 19.0 Å². The normalized spacial score (nSPS) is 20.7. The summed E-state index contributed by atoms with van der Waals surface area (Å²) in [4.78, 5) is 10.9. The van der Waals surface area contributed by atoms with Crippen LogP contribution in [0.2, 0.25) is 0 Å². The predicted molar refractivity (Wildman–Crippen MR) is 133 cm³/mol. The number of nitrogens with zero attached hydrogens (tertiary/aromatic N) is 2. The second kappa shape index (κ2) is 10.3. The fourth-order valence-corrected chi connectivity index (χ4v) is 4.91. The number of ether oxygens (including phenoxy) is 3. The van der Waals surface area contributed by atoms with Crippen molar-refractivity contribution in [3.63, 3.8) is 0 Å². The maximum atomic E-state index is 13.1. The van der Waals surface area contributed by atoms with E-state index in [1.54, 1.807) is 14.2 Å². The van der Waals surface area contributed by atoms with Crippen LogP contribution in [0.4, 0.5) is 4.39 Å². The molecule has 0 unspecified atom stereocenters. The Kier molecular flexibility index (Phi) is 6.95. The van der Waals surface area contributed by atoms with E-state index in [1.165, 1.54) is 17.7 Å². The minimum Gasteiger partial charge on any atom is -0.493 e. The van der Waals surface area contributed by atoms with Gasteiger partial charge in [0.2, 0.25) is 0 Å². The molecule has 186 valence electrons. The average Bonchev–Trinajstić information content (AvgIpc) is 3.28. The van der Waals surface area contributed by atoms with Crippen LogP contribution in [0.15, 0.2) is 47.5 Å². The summed E-state index contributed by atoms with van der Waals surface area (Å²) in [5, 5.41) is 0. The van der Waals surface area contributed by atoms with Gasteiger partial charge in [-0.15, -0.1) is 0 Å². The van der Waals surface area contributed by atoms with Gasteiger partial charge in [0.1, 0.15) is 24.3 Å². The maximum Gasteiger partial charge on any atom is 0.164 e. The van der Waals surface area contributed by atoms with E-state index in [9.17, 15) is 4.39 Å². The highest BCUT2D eigenvalue weighted by Gasteiger charge is 2.35. The number of hydrogen-bond donors (Lipinski definition) is 1. The van der Waals surface area contributed by atoms with E-state index in [-0.39, 0.29) is 11.9 Å². The molecule has 2 aromatic carbocycles. The number of benzene rings is 2. The molecular weight excluding hydrogens is 449 g/mol. The zero-order valence-electron chi connectivity index (χ0n) is 20.5. The first-order valence-electron chi connectivity index (χ1n) is 12.0. The molecule has 35 heavy (non-hydrogen) atoms. The smallest absolute Gasteiger partial charge is 0.164 e. The van der Waals surface area contributed by atoms with Crippen molar-refractivity contribution in [1.29, 1.82) is 0 Å². The molecule has 1 atom stereocenters. The van der Waals surface area contributed by atoms with E-state index in [1.807, 2.05) is 24.3 Å². The minimum absolute atomic E-state index is 0.0575. The topological polar surface area (TPSA) is 55.4 Å². The van der Waals surface area contributed by atoms with Crippen LogP contribution in [0.3, 0.4) is 0 Å². The fourth-order valence-electron chi connectivity index (χ4n) is 4.91. The highest BCUT2D eigenvalue weighted by atomic mass is 19.1. The van der Waals surface area contributed by atoms with Crippen LogP contribution >= 0.6 is 0 Å². The van der Waals surface area contributed by atoms with Crippen molar-refractivity contribution < 1.29 is 23.4 Å². The first-order chi connectivity index (χ1) is 17.0. The quantitative estimate of drug-likeness (QED) is 0.649. The van der Waals surface area contributed by atoms with Crippen molar-refractivity contribution in [2.24, 2.45) is 0 Å². The highest BCUT2D eigenvalue weighted by Crippen LogP contribution is 2.42. The lowest BCUT2D eigenvalue weighted by Gasteiger charge is -2.36. The summed E-state index contributed by atoms with van der Waals surface area (Å²) in [6, 6.07) is 10.4. The molecule has 1 fully saturated rings. The monoisotopic (exact) mass is 481 g/mol. The molecule has 3 aliphatic heterocycles. The number of fused-ring (bicyclic) bond motifs is 2. The number of rotatable bonds is 7. The Bertz CT molecular complexity index is 1120. The summed E-state index contributed by atoms with van der Waals surface area (Å²) < 4.78 is 30.0. The van der Waals surface area contributed by atoms with Gasteiger partial charge in [0.25, 0.3) is 0 Å². The molecule has 7 nitrogen and oxygen atoms in total. The number of piperazine rings is 1. The Morgan fingerprint density at radius 3 is 2.46 bits per heavy atom. The third kappa shape index (κ3) is 5.15. The maximum absolute atomic E-state index is 13.1. The standard InChI is InChI=1S/C27H32FN3O4/c1-18(12-19-4-6-20(28)7-5-19)15-30-8-10-31(11-9-30)16-26-22-17-34-23-14-25(33-3)24(32-2)13-21(23)27(22)29-35-26/h4-7,12-14,26,29H,8-11,15-17H2,1-3H3/t26-/m0/s1. The zero-order valence-corrected chi connectivity index (χ0v) is 20.5. The van der Waals surface area contributed by atoms with E-state index in [2.05, 4.69) is 28.3 Å². The summed E-state index contributed by atoms with van der Waals surface area (Å²) in [6.07, 6.45) is 2.07. The SMILES string of the molecule is COc1cc2c(cc1OC)C1=C(CO2)[C@H](CN2CCN(CC(C)=Cc3ccc(F)cc3)CC2)ON1. The lowest BCUT2D eigenvalue weighted by atomic mass is 9.99. The molecule has 5 rings (SSSR count). The van der Waals surface area contributed by atoms with Crippen LogP contribution in [0.5, 0.6) is 17.2 Å². The summed E-state index contributed by atoms with van der Waals surface area (Å²) in [7, 11) is 3.25. The molecule has 8 heteroatoms. The van der Waals surface area contributed by atoms with Gasteiger partial charge in [-0.3, -0.25) is 20.1 Å². The van der Waals surface area contributed by atoms with Crippen molar-refractivity contribution in [3.05, 3.63) is 64.5 Å². The molecule has 0 amide bonds. The largest absolute Gasteiger partial charge is 0.493 e. The third-order valence-corrected chi connectivity index (χ3v) is 6.80. The molecule has 0 saturated carbocycles. The summed E-state index contributed by atoms with van der Waals surface area (Å²) in [5.74, 6) is 1.86. The number of hydroxylamine groups is 1. The fraction of sp³-hybridized carbons (Fsp3) is 0.407. The lowest BCUT2D eigenvalue weighted by Crippen LogP contribution is -2.49. The number of halogens is 1. The molecule has 3 aliphatic rings. The molecule has 0 radical (unpaired) electrons. The Morgan fingerprint density at radius 2 is 1.74 bits per heavy atom. The van der Waals surface area contributed by atoms with Crippen molar-refractivity contribution in [2.75, 3.05) is 60.1 Å². The van der Waals surface area contributed by atoms with Gasteiger partial charge in [0.05, 0.1) is 19.9 Å². The summed E-state index contributed by atoms with van der Waals surface area (Å²) in [5.41, 5.74) is 8.47. The van der Waals surface area contributed by atoms with E-state index in [0.29, 0.717) is 18.1 Å². The first-order valence-corrected chi connectivity index (χ1v) is 12.0. The van der Waals surface area contributed by atoms with Crippen molar-refractivity contribution in [1.82, 2.24) is 15.3 Å². The Morgan fingerprint density at radius 1 is 1.06 bits per heavy atom. The number of methoxy groups -OCH3 is 2. The van der Waals surface area contributed by atoms with Gasteiger partial charge >= 0.3 is 0 Å². The van der Waals surface area contributed by atoms with Crippen LogP contribution < -0.4 is 19.7 Å². The number of nitrogens with one attached hydrogen (secondary N) is 1. The van der Waals surface area contributed by atoms with Gasteiger partial charge < -0.3 is 14.2 Å². The molecule has 0 aliphatic carbocycles. The Hall–Kier alpha value is -3.07. The minimum atomic E-state index is -0.204. The molecule has 3 heterocycles. The molecule has 2 aromatic rings. The van der Waals surface area contributed by atoms with Gasteiger partial charge in [-0.1, -0.05) is 23.8 Å². The van der Waals surface area contributed by atoms with Crippen molar-refractivity contribution in [3.8, 4) is 17.2 Å². The zero-order chi connectivity index (χ0) is 24.4. The highest BCUT2D eigenvalue weighted by molar-refractivity contribution is 5.77. The molecule has 0 bridgehead atoms. The van der Waals surface area contributed by atoms with Crippen LogP contribution in [0.1, 0.15) is 18.1 Å². The summed E-state index contributed by atoms with van der Waals surface area (Å²) in [6.45, 7) is 8.31. The van der Waals surface area contributed by atoms with Crippen molar-refractivity contribution >= 4 is 11.8 Å². The Labute approximate surface area is 205 Å². The van der Waals surface area contributed by atoms with Gasteiger partial charge in [0.15, 0.2) is 11.5 Å². The van der Waals surface area contributed by atoms with E-state index >= 15 is 0 Å². The number of hydrogen-bond acceptors (Lipinski definition) is 7. The molecule has 0 spiro atoms. The van der Waals surface area contributed by atoms with Crippen LogP contribution in [-0.2, 0) is 4.84 Å². The Balaban J connectivity index is 1.18. The first kappa shape index (κ1) is 23.7. The third-order valence-electron chi connectivity index (χ3n) is 6.80. The summed E-state index contributed by atoms with van der Waals surface area (Å²) >= 11 is 0. The molecular formula is C27H32FN3O4. The van der Waals surface area contributed by atoms with Crippen LogP contribution in [-0.4, -0.2) is 76.0 Å². The molecule has 1 N–H and O–H groups in total. The van der Waals surface area contributed by atoms with Gasteiger partial charge in [0, 0.05) is 56.5 Å². The second-order valence-corrected chi connectivity index (χ2v) is 9.22. The second-order valence-electron chi connectivity index (χ2n) is 9.22. The lowest BCUT2D eigenvalue weighted by molar-refractivity contribution is 0.0118. The van der Waals surface area contributed by atoms with E-state index < -0.39 is 0 Å².